The second-order valence-electron chi connectivity index (χ2n) is 5.57. The zero-order valence-corrected chi connectivity index (χ0v) is 15.1. The average Bonchev–Trinajstić information content (AvgIpc) is 2.65. The van der Waals surface area contributed by atoms with Crippen molar-refractivity contribution in [2.45, 2.75) is 18.3 Å². The van der Waals surface area contributed by atoms with Crippen LogP contribution in [0.2, 0.25) is 0 Å². The highest BCUT2D eigenvalue weighted by molar-refractivity contribution is 4.73. The molecule has 3 atom stereocenters. The minimum Gasteiger partial charge on any atom is -0.395 e. The Kier molecular flexibility index (Phi) is 20.6. The van der Waals surface area contributed by atoms with E-state index in [4.69, 9.17) is 46.0 Å². The monoisotopic (exact) mass is 388 g/mol. The van der Waals surface area contributed by atoms with Crippen LogP contribution in [-0.2, 0) is 0 Å². The molecule has 11 heteroatoms. The molecular formula is C15H36N2O9. The van der Waals surface area contributed by atoms with Gasteiger partial charge in [0.25, 0.3) is 0 Å². The van der Waals surface area contributed by atoms with Crippen LogP contribution in [0.25, 0.3) is 0 Å². The van der Waals surface area contributed by atoms with Gasteiger partial charge in [-0.25, -0.2) is 0 Å². The first-order chi connectivity index (χ1) is 12.4. The molecule has 0 aromatic rings. The van der Waals surface area contributed by atoms with Crippen molar-refractivity contribution in [2.75, 3.05) is 78.9 Å². The Morgan fingerprint density at radius 1 is 0.462 bits per heavy atom. The summed E-state index contributed by atoms with van der Waals surface area (Å²) in [6.07, 6.45) is -4.29. The Bertz CT molecular complexity index is 252. The van der Waals surface area contributed by atoms with E-state index in [0.717, 1.165) is 0 Å². The third kappa shape index (κ3) is 14.7. The molecule has 0 aromatic carbocycles. The van der Waals surface area contributed by atoms with Gasteiger partial charge in [0, 0.05) is 39.3 Å². The molecule has 26 heavy (non-hydrogen) atoms. The average molecular weight is 388 g/mol. The summed E-state index contributed by atoms with van der Waals surface area (Å²) < 4.78 is 0. The summed E-state index contributed by atoms with van der Waals surface area (Å²) in [4.78, 5) is 3.89. The van der Waals surface area contributed by atoms with E-state index < -0.39 is 31.5 Å². The van der Waals surface area contributed by atoms with Crippen LogP contribution in [-0.4, -0.2) is 153 Å². The van der Waals surface area contributed by atoms with Crippen LogP contribution in [0.1, 0.15) is 0 Å². The Hall–Kier alpha value is -0.440. The minimum atomic E-state index is -1.49. The minimum absolute atomic E-state index is 0.0694. The van der Waals surface area contributed by atoms with Crippen molar-refractivity contribution in [2.24, 2.45) is 0 Å². The van der Waals surface area contributed by atoms with E-state index >= 15 is 0 Å². The zero-order chi connectivity index (χ0) is 20.4. The van der Waals surface area contributed by atoms with Crippen LogP contribution in [0.15, 0.2) is 0 Å². The molecule has 9 N–H and O–H groups in total. The molecule has 0 bridgehead atoms. The van der Waals surface area contributed by atoms with Crippen LogP contribution < -0.4 is 0 Å². The topological polar surface area (TPSA) is 189 Å². The van der Waals surface area contributed by atoms with Crippen molar-refractivity contribution >= 4 is 0 Å². The predicted molar refractivity (Wildman–Crippen MR) is 93.4 cm³/mol. The third-order valence-electron chi connectivity index (χ3n) is 3.56. The number of nitrogens with zero attached hydrogens (tertiary/aromatic N) is 2. The zero-order valence-electron chi connectivity index (χ0n) is 15.1. The highest BCUT2D eigenvalue weighted by atomic mass is 16.4. The van der Waals surface area contributed by atoms with E-state index in [1.807, 2.05) is 9.80 Å². The Balaban J connectivity index is 0. The second kappa shape index (κ2) is 19.3. The predicted octanol–water partition coefficient (Wildman–Crippen LogP) is -5.39. The van der Waals surface area contributed by atoms with Crippen LogP contribution in [0.3, 0.4) is 0 Å². The van der Waals surface area contributed by atoms with Gasteiger partial charge >= 0.3 is 0 Å². The van der Waals surface area contributed by atoms with Gasteiger partial charge in [-0.2, -0.15) is 0 Å². The first-order valence-corrected chi connectivity index (χ1v) is 8.55. The maximum absolute atomic E-state index is 8.82. The van der Waals surface area contributed by atoms with Crippen LogP contribution in [0.5, 0.6) is 0 Å². The number of rotatable bonds is 15. The van der Waals surface area contributed by atoms with Crippen molar-refractivity contribution in [3.05, 3.63) is 0 Å². The van der Waals surface area contributed by atoms with Gasteiger partial charge in [0.1, 0.15) is 18.3 Å². The number of hydrogen-bond acceptors (Lipinski definition) is 11. The van der Waals surface area contributed by atoms with Gasteiger partial charge in [0.15, 0.2) is 0 Å². The lowest BCUT2D eigenvalue weighted by molar-refractivity contribution is -0.0900. The molecule has 0 rings (SSSR count). The van der Waals surface area contributed by atoms with Gasteiger partial charge in [-0.1, -0.05) is 0 Å². The summed E-state index contributed by atoms with van der Waals surface area (Å²) >= 11 is 0. The first-order valence-electron chi connectivity index (χ1n) is 8.55. The van der Waals surface area contributed by atoms with E-state index in [1.165, 1.54) is 0 Å². The largest absolute Gasteiger partial charge is 0.395 e. The molecule has 0 aliphatic carbocycles. The Morgan fingerprint density at radius 2 is 0.731 bits per heavy atom. The normalized spacial score (nSPS) is 14.9. The lowest BCUT2D eigenvalue weighted by Gasteiger charge is -2.25. The van der Waals surface area contributed by atoms with Gasteiger partial charge in [0.2, 0.25) is 0 Å². The molecule has 0 heterocycles. The number of hydrogen-bond donors (Lipinski definition) is 9. The molecule has 0 amide bonds. The molecule has 0 unspecified atom stereocenters. The summed E-state index contributed by atoms with van der Waals surface area (Å²) in [7, 11) is 0. The van der Waals surface area contributed by atoms with E-state index in [9.17, 15) is 0 Å². The summed E-state index contributed by atoms with van der Waals surface area (Å²) in [5.74, 6) is 0. The lowest BCUT2D eigenvalue weighted by Crippen LogP contribution is -2.41. The molecule has 160 valence electrons. The fourth-order valence-electron chi connectivity index (χ4n) is 1.99. The molecule has 0 saturated carbocycles. The van der Waals surface area contributed by atoms with E-state index in [-0.39, 0.29) is 26.4 Å². The van der Waals surface area contributed by atoms with Crippen LogP contribution >= 0.6 is 0 Å². The standard InChI is InChI=1S/C10H24N2O4.C5H12O5/c13-7-3-11(4-8-14)1-2-12(5-9-15)6-10-16;6-1-3(8)5(10)4(9)2-7/h13-16H,1-10H2;3-10H,1-2H2/t;3-,4+,5+. The molecule has 0 saturated heterocycles. The summed E-state index contributed by atoms with van der Waals surface area (Å²) in [5, 5.41) is 77.8. The maximum atomic E-state index is 8.82. The van der Waals surface area contributed by atoms with Crippen molar-refractivity contribution < 1.29 is 46.0 Å². The highest BCUT2D eigenvalue weighted by Gasteiger charge is 2.22. The van der Waals surface area contributed by atoms with Crippen molar-refractivity contribution in [3.63, 3.8) is 0 Å². The molecule has 0 aliphatic rings. The van der Waals surface area contributed by atoms with Gasteiger partial charge < -0.3 is 46.0 Å². The Morgan fingerprint density at radius 3 is 0.923 bits per heavy atom. The van der Waals surface area contributed by atoms with Crippen LogP contribution in [0.4, 0.5) is 0 Å². The number of aliphatic hydroxyl groups excluding tert-OH is 9. The quantitative estimate of drug-likeness (QED) is 0.130. The van der Waals surface area contributed by atoms with Gasteiger partial charge in [0.05, 0.1) is 39.6 Å². The number of aliphatic hydroxyl groups is 9. The SMILES string of the molecule is OCCN(CCO)CCN(CCO)CCO.OC[C@@H](O)[C@H](O)[C@@H](O)CO. The third-order valence-corrected chi connectivity index (χ3v) is 3.56. The highest BCUT2D eigenvalue weighted by Crippen LogP contribution is 1.98. The molecule has 0 radical (unpaired) electrons. The van der Waals surface area contributed by atoms with E-state index in [2.05, 4.69) is 0 Å². The fourth-order valence-corrected chi connectivity index (χ4v) is 1.99. The fraction of sp³-hybridized carbons (Fsp3) is 1.00. The summed E-state index contributed by atoms with van der Waals surface area (Å²) in [6, 6.07) is 0. The first kappa shape index (κ1) is 27.8. The molecule has 0 aromatic heterocycles. The lowest BCUT2D eigenvalue weighted by atomic mass is 10.1. The summed E-state index contributed by atoms with van der Waals surface area (Å²) in [5.41, 5.74) is 0. The van der Waals surface area contributed by atoms with Crippen LogP contribution in [0, 0.1) is 0 Å². The van der Waals surface area contributed by atoms with E-state index in [0.29, 0.717) is 39.3 Å². The molecule has 0 spiro atoms. The molecule has 0 aliphatic heterocycles. The van der Waals surface area contributed by atoms with Crippen molar-refractivity contribution in [1.29, 1.82) is 0 Å². The smallest absolute Gasteiger partial charge is 0.110 e. The van der Waals surface area contributed by atoms with Gasteiger partial charge in [-0.15, -0.1) is 0 Å². The Labute approximate surface area is 154 Å². The summed E-state index contributed by atoms with van der Waals surface area (Å²) in [6.45, 7) is 2.55. The molecule has 11 nitrogen and oxygen atoms in total. The maximum Gasteiger partial charge on any atom is 0.110 e. The molecule has 0 fully saturated rings. The van der Waals surface area contributed by atoms with E-state index in [1.54, 1.807) is 0 Å². The molecular weight excluding hydrogens is 352 g/mol. The van der Waals surface area contributed by atoms with Gasteiger partial charge in [-0.05, 0) is 0 Å². The van der Waals surface area contributed by atoms with Crippen molar-refractivity contribution in [1.82, 2.24) is 9.80 Å². The second-order valence-corrected chi connectivity index (χ2v) is 5.57. The van der Waals surface area contributed by atoms with Gasteiger partial charge in [-0.3, -0.25) is 9.80 Å². The van der Waals surface area contributed by atoms with Crippen molar-refractivity contribution in [3.8, 4) is 0 Å².